The van der Waals surface area contributed by atoms with Crippen LogP contribution < -0.4 is 10.5 Å². The van der Waals surface area contributed by atoms with Crippen LogP contribution in [0, 0.1) is 0 Å². The molecule has 0 aromatic heterocycles. The van der Waals surface area contributed by atoms with Crippen LogP contribution in [0.25, 0.3) is 0 Å². The van der Waals surface area contributed by atoms with Gasteiger partial charge in [-0.05, 0) is 42.8 Å². The number of ether oxygens (including phenoxy) is 1. The quantitative estimate of drug-likeness (QED) is 0.820. The lowest BCUT2D eigenvalue weighted by molar-refractivity contribution is 0.301. The van der Waals surface area contributed by atoms with Crippen LogP contribution >= 0.6 is 31.9 Å². The number of hydrogen-bond acceptors (Lipinski definition) is 2. The maximum Gasteiger partial charge on any atom is 0.124 e. The number of hydrogen-bond donors (Lipinski definition) is 1. The molecule has 19 heavy (non-hydrogen) atoms. The van der Waals surface area contributed by atoms with E-state index in [1.807, 2.05) is 49.4 Å². The van der Waals surface area contributed by atoms with Crippen molar-refractivity contribution in [2.24, 2.45) is 5.73 Å². The Morgan fingerprint density at radius 1 is 1.11 bits per heavy atom. The molecule has 0 unspecified atom stereocenters. The molecule has 0 aliphatic rings. The molecule has 2 aromatic carbocycles. The second-order valence-corrected chi connectivity index (χ2v) is 6.22. The van der Waals surface area contributed by atoms with E-state index in [-0.39, 0.29) is 6.04 Å². The van der Waals surface area contributed by atoms with Crippen molar-refractivity contribution in [3.63, 3.8) is 0 Å². The van der Waals surface area contributed by atoms with E-state index < -0.39 is 0 Å². The van der Waals surface area contributed by atoms with Gasteiger partial charge in [0.05, 0.1) is 0 Å². The Balaban J connectivity index is 2.15. The Labute approximate surface area is 130 Å². The van der Waals surface area contributed by atoms with Crippen molar-refractivity contribution in [1.82, 2.24) is 0 Å². The van der Waals surface area contributed by atoms with Crippen molar-refractivity contribution in [3.8, 4) is 5.75 Å². The monoisotopic (exact) mass is 383 g/mol. The normalized spacial score (nSPS) is 12.2. The van der Waals surface area contributed by atoms with Crippen LogP contribution in [0.2, 0.25) is 0 Å². The maximum atomic E-state index is 5.97. The van der Waals surface area contributed by atoms with Gasteiger partial charge in [-0.25, -0.2) is 0 Å². The highest BCUT2D eigenvalue weighted by atomic mass is 79.9. The molecular formula is C15H15Br2NO. The van der Waals surface area contributed by atoms with Crippen molar-refractivity contribution in [3.05, 3.63) is 62.5 Å². The van der Waals surface area contributed by atoms with Crippen LogP contribution in [0.1, 0.15) is 24.1 Å². The first-order valence-electron chi connectivity index (χ1n) is 5.98. The van der Waals surface area contributed by atoms with Gasteiger partial charge in [0.15, 0.2) is 0 Å². The molecule has 4 heteroatoms. The Morgan fingerprint density at radius 2 is 1.84 bits per heavy atom. The summed E-state index contributed by atoms with van der Waals surface area (Å²) in [5.41, 5.74) is 8.09. The zero-order valence-electron chi connectivity index (χ0n) is 10.6. The Kier molecular flexibility index (Phi) is 5.02. The Hall–Kier alpha value is -0.840. The van der Waals surface area contributed by atoms with Gasteiger partial charge in [-0.2, -0.15) is 0 Å². The Morgan fingerprint density at radius 3 is 2.53 bits per heavy atom. The lowest BCUT2D eigenvalue weighted by Gasteiger charge is -2.14. The van der Waals surface area contributed by atoms with E-state index in [1.54, 1.807) is 0 Å². The van der Waals surface area contributed by atoms with E-state index in [1.165, 1.54) is 0 Å². The summed E-state index contributed by atoms with van der Waals surface area (Å²) in [5.74, 6) is 0.832. The fourth-order valence-corrected chi connectivity index (χ4v) is 2.62. The molecule has 0 amide bonds. The van der Waals surface area contributed by atoms with Crippen molar-refractivity contribution in [1.29, 1.82) is 0 Å². The summed E-state index contributed by atoms with van der Waals surface area (Å²) in [7, 11) is 0. The highest BCUT2D eigenvalue weighted by molar-refractivity contribution is 9.10. The first-order chi connectivity index (χ1) is 9.06. The highest BCUT2D eigenvalue weighted by Crippen LogP contribution is 2.28. The molecule has 1 atom stereocenters. The summed E-state index contributed by atoms with van der Waals surface area (Å²) in [5, 5.41) is 0. The van der Waals surface area contributed by atoms with Crippen LogP contribution in [-0.4, -0.2) is 0 Å². The van der Waals surface area contributed by atoms with Crippen LogP contribution in [-0.2, 0) is 6.61 Å². The van der Waals surface area contributed by atoms with E-state index in [2.05, 4.69) is 31.9 Å². The number of nitrogens with two attached hydrogens (primary N) is 1. The number of rotatable bonds is 4. The van der Waals surface area contributed by atoms with Gasteiger partial charge in [0, 0.05) is 20.6 Å². The summed E-state index contributed by atoms with van der Waals surface area (Å²) >= 11 is 6.91. The molecule has 2 aromatic rings. The van der Waals surface area contributed by atoms with Crippen molar-refractivity contribution in [2.75, 3.05) is 0 Å². The highest BCUT2D eigenvalue weighted by Gasteiger charge is 2.09. The topological polar surface area (TPSA) is 35.2 Å². The molecule has 2 N–H and O–H groups in total. The largest absolute Gasteiger partial charge is 0.489 e. The molecule has 0 heterocycles. The summed E-state index contributed by atoms with van der Waals surface area (Å²) < 4.78 is 7.93. The van der Waals surface area contributed by atoms with Gasteiger partial charge in [0.2, 0.25) is 0 Å². The average Bonchev–Trinajstić information content (AvgIpc) is 2.37. The van der Waals surface area contributed by atoms with Crippen LogP contribution in [0.5, 0.6) is 5.75 Å². The van der Waals surface area contributed by atoms with E-state index in [0.717, 1.165) is 25.8 Å². The smallest absolute Gasteiger partial charge is 0.124 e. The van der Waals surface area contributed by atoms with Gasteiger partial charge >= 0.3 is 0 Å². The minimum atomic E-state index is -0.0602. The molecule has 0 fully saturated rings. The third kappa shape index (κ3) is 4.06. The van der Waals surface area contributed by atoms with Crippen molar-refractivity contribution in [2.45, 2.75) is 19.6 Å². The fraction of sp³-hybridized carbons (Fsp3) is 0.200. The van der Waals surface area contributed by atoms with Gasteiger partial charge in [-0.15, -0.1) is 0 Å². The summed E-state index contributed by atoms with van der Waals surface area (Å²) in [6.07, 6.45) is 0. The predicted molar refractivity (Wildman–Crippen MR) is 85.2 cm³/mol. The molecule has 0 radical (unpaired) electrons. The molecule has 0 aliphatic carbocycles. The lowest BCUT2D eigenvalue weighted by Crippen LogP contribution is -2.08. The van der Waals surface area contributed by atoms with Gasteiger partial charge < -0.3 is 10.5 Å². The molecule has 0 saturated carbocycles. The van der Waals surface area contributed by atoms with E-state index in [0.29, 0.717) is 6.61 Å². The summed E-state index contributed by atoms with van der Waals surface area (Å²) in [6.45, 7) is 2.48. The molecule has 0 saturated heterocycles. The SMILES string of the molecule is C[C@H](N)c1cc(Br)ccc1OCc1cccc(Br)c1. The first-order valence-corrected chi connectivity index (χ1v) is 7.57. The maximum absolute atomic E-state index is 5.97. The molecule has 2 nitrogen and oxygen atoms in total. The Bertz CT molecular complexity index is 570. The zero-order chi connectivity index (χ0) is 13.8. The van der Waals surface area contributed by atoms with Gasteiger partial charge in [-0.1, -0.05) is 44.0 Å². The minimum Gasteiger partial charge on any atom is -0.489 e. The third-order valence-electron chi connectivity index (χ3n) is 2.75. The lowest BCUT2D eigenvalue weighted by atomic mass is 10.1. The molecule has 2 rings (SSSR count). The van der Waals surface area contributed by atoms with Gasteiger partial charge in [-0.3, -0.25) is 0 Å². The summed E-state index contributed by atoms with van der Waals surface area (Å²) in [6, 6.07) is 13.9. The van der Waals surface area contributed by atoms with Crippen LogP contribution in [0.4, 0.5) is 0 Å². The van der Waals surface area contributed by atoms with E-state index in [4.69, 9.17) is 10.5 Å². The number of benzene rings is 2. The molecule has 0 aliphatic heterocycles. The third-order valence-corrected chi connectivity index (χ3v) is 3.73. The molecular weight excluding hydrogens is 370 g/mol. The minimum absolute atomic E-state index is 0.0602. The summed E-state index contributed by atoms with van der Waals surface area (Å²) in [4.78, 5) is 0. The second-order valence-electron chi connectivity index (χ2n) is 4.39. The molecule has 0 spiro atoms. The fourth-order valence-electron chi connectivity index (χ4n) is 1.79. The second kappa shape index (κ2) is 6.55. The average molecular weight is 385 g/mol. The van der Waals surface area contributed by atoms with Crippen molar-refractivity contribution >= 4 is 31.9 Å². The zero-order valence-corrected chi connectivity index (χ0v) is 13.7. The van der Waals surface area contributed by atoms with Crippen LogP contribution in [0.15, 0.2) is 51.4 Å². The van der Waals surface area contributed by atoms with E-state index >= 15 is 0 Å². The van der Waals surface area contributed by atoms with Gasteiger partial charge in [0.1, 0.15) is 12.4 Å². The first kappa shape index (κ1) is 14.6. The molecule has 0 bridgehead atoms. The predicted octanol–water partition coefficient (Wildman–Crippen LogP) is 4.81. The number of halogens is 2. The van der Waals surface area contributed by atoms with Crippen LogP contribution in [0.3, 0.4) is 0 Å². The van der Waals surface area contributed by atoms with Gasteiger partial charge in [0.25, 0.3) is 0 Å². The van der Waals surface area contributed by atoms with Crippen molar-refractivity contribution < 1.29 is 4.74 Å². The standard InChI is InChI=1S/C15H15Br2NO/c1-10(18)14-8-13(17)5-6-15(14)19-9-11-3-2-4-12(16)7-11/h2-8,10H,9,18H2,1H3/t10-/m0/s1. The molecule has 100 valence electrons. The van der Waals surface area contributed by atoms with E-state index in [9.17, 15) is 0 Å².